The number of benzene rings is 2. The number of allylic oxidation sites excluding steroid dienone is 1. The van der Waals surface area contributed by atoms with Crippen molar-refractivity contribution >= 4 is 52.8 Å². The highest BCUT2D eigenvalue weighted by Crippen LogP contribution is 2.33. The molecule has 0 amide bonds. The first-order valence-corrected chi connectivity index (χ1v) is 7.36. The minimum Gasteiger partial charge on any atom is -0.275 e. The molecule has 0 fully saturated rings. The molecule has 0 saturated carbocycles. The van der Waals surface area contributed by atoms with Crippen LogP contribution in [0.1, 0.15) is 12.5 Å². The lowest BCUT2D eigenvalue weighted by Crippen LogP contribution is -1.92. The van der Waals surface area contributed by atoms with Crippen molar-refractivity contribution in [1.82, 2.24) is 0 Å². The highest BCUT2D eigenvalue weighted by molar-refractivity contribution is 6.41. The number of nitrogens with zero attached hydrogens (tertiary/aromatic N) is 1. The monoisotopic (exact) mass is 338 g/mol. The normalized spacial score (nSPS) is 11.9. The Kier molecular flexibility index (Phi) is 5.68. The van der Waals surface area contributed by atoms with Gasteiger partial charge in [-0.15, -0.1) is 0 Å². The largest absolute Gasteiger partial charge is 0.275 e. The van der Waals surface area contributed by atoms with Gasteiger partial charge in [0.15, 0.2) is 0 Å². The van der Waals surface area contributed by atoms with E-state index in [9.17, 15) is 0 Å². The van der Waals surface area contributed by atoms with Gasteiger partial charge in [-0.05, 0) is 30.2 Å². The van der Waals surface area contributed by atoms with E-state index >= 15 is 0 Å². The molecule has 5 heteroatoms. The van der Waals surface area contributed by atoms with Crippen LogP contribution in [0.15, 0.2) is 53.1 Å². The van der Waals surface area contributed by atoms with E-state index in [4.69, 9.17) is 34.8 Å². The number of halogens is 3. The van der Waals surface area contributed by atoms with Crippen molar-refractivity contribution in [2.45, 2.75) is 6.92 Å². The first-order chi connectivity index (χ1) is 10.1. The van der Waals surface area contributed by atoms with Gasteiger partial charge >= 0.3 is 0 Å². The van der Waals surface area contributed by atoms with Crippen LogP contribution in [0.4, 0.5) is 5.69 Å². The molecule has 0 unspecified atom stereocenters. The molecule has 2 rings (SSSR count). The maximum absolute atomic E-state index is 6.06. The van der Waals surface area contributed by atoms with Crippen LogP contribution < -0.4 is 5.43 Å². The van der Waals surface area contributed by atoms with E-state index in [1.807, 2.05) is 43.3 Å². The minimum absolute atomic E-state index is 0.425. The van der Waals surface area contributed by atoms with Crippen molar-refractivity contribution in [2.75, 3.05) is 5.43 Å². The summed E-state index contributed by atoms with van der Waals surface area (Å²) in [7, 11) is 0. The lowest BCUT2D eigenvalue weighted by Gasteiger charge is -2.06. The van der Waals surface area contributed by atoms with Gasteiger partial charge in [0.05, 0.1) is 21.9 Å². The molecule has 21 heavy (non-hydrogen) atoms. The number of nitrogens with one attached hydrogen (secondary N) is 1. The van der Waals surface area contributed by atoms with Gasteiger partial charge in [-0.1, -0.05) is 71.2 Å². The standard InChI is InChI=1S/C16H13Cl3N2/c1-11(7-12-5-3-2-4-6-12)10-20-21-16-14(18)8-13(17)9-15(16)19/h2-10,21H,1H3/b11-7+,20-10+. The predicted octanol–water partition coefficient (Wildman–Crippen LogP) is 6.15. The molecule has 0 radical (unpaired) electrons. The second-order valence-electron chi connectivity index (χ2n) is 4.41. The SMILES string of the molecule is CC(/C=N/Nc1c(Cl)cc(Cl)cc1Cl)=C\c1ccccc1. The van der Waals surface area contributed by atoms with Gasteiger partial charge in [-0.2, -0.15) is 5.10 Å². The average Bonchev–Trinajstić information content (AvgIpc) is 2.42. The Bertz CT molecular complexity index is 656. The zero-order valence-electron chi connectivity index (χ0n) is 11.3. The van der Waals surface area contributed by atoms with Crippen LogP contribution in [-0.2, 0) is 0 Å². The minimum atomic E-state index is 0.425. The van der Waals surface area contributed by atoms with Crippen LogP contribution in [0.5, 0.6) is 0 Å². The van der Waals surface area contributed by atoms with Crippen LogP contribution in [0.2, 0.25) is 15.1 Å². The zero-order valence-corrected chi connectivity index (χ0v) is 13.5. The van der Waals surface area contributed by atoms with Gasteiger partial charge in [-0.3, -0.25) is 5.43 Å². The Morgan fingerprint density at radius 1 is 1.05 bits per heavy atom. The fourth-order valence-corrected chi connectivity index (χ4v) is 2.60. The summed E-state index contributed by atoms with van der Waals surface area (Å²) in [5.41, 5.74) is 5.48. The van der Waals surface area contributed by atoms with Crippen molar-refractivity contribution < 1.29 is 0 Å². The summed E-state index contributed by atoms with van der Waals surface area (Å²) in [5.74, 6) is 0. The molecule has 0 bridgehead atoms. The molecule has 2 aromatic carbocycles. The van der Waals surface area contributed by atoms with Crippen molar-refractivity contribution in [2.24, 2.45) is 5.10 Å². The Labute approximate surface area is 139 Å². The summed E-state index contributed by atoms with van der Waals surface area (Å²) in [6.45, 7) is 1.96. The van der Waals surface area contributed by atoms with Gasteiger partial charge in [0.2, 0.25) is 0 Å². The third-order valence-electron chi connectivity index (χ3n) is 2.65. The fourth-order valence-electron chi connectivity index (χ4n) is 1.70. The van der Waals surface area contributed by atoms with Crippen LogP contribution in [0.3, 0.4) is 0 Å². The summed E-state index contributed by atoms with van der Waals surface area (Å²) >= 11 is 18.0. The third-order valence-corrected chi connectivity index (χ3v) is 3.46. The van der Waals surface area contributed by atoms with Gasteiger partial charge < -0.3 is 0 Å². The second-order valence-corrected chi connectivity index (χ2v) is 5.66. The van der Waals surface area contributed by atoms with Crippen LogP contribution in [-0.4, -0.2) is 6.21 Å². The molecule has 0 aromatic heterocycles. The molecule has 0 aliphatic heterocycles. The third kappa shape index (κ3) is 4.78. The molecule has 1 N–H and O–H groups in total. The molecule has 0 atom stereocenters. The van der Waals surface area contributed by atoms with E-state index in [-0.39, 0.29) is 0 Å². The number of hydrogen-bond donors (Lipinski definition) is 1. The van der Waals surface area contributed by atoms with E-state index in [1.165, 1.54) is 0 Å². The molecular weight excluding hydrogens is 327 g/mol. The van der Waals surface area contributed by atoms with Gasteiger partial charge in [-0.25, -0.2) is 0 Å². The highest BCUT2D eigenvalue weighted by atomic mass is 35.5. The van der Waals surface area contributed by atoms with E-state index < -0.39 is 0 Å². The first-order valence-electron chi connectivity index (χ1n) is 6.23. The van der Waals surface area contributed by atoms with E-state index in [1.54, 1.807) is 18.3 Å². The maximum Gasteiger partial charge on any atom is 0.0935 e. The Morgan fingerprint density at radius 2 is 1.67 bits per heavy atom. The number of hydrogen-bond acceptors (Lipinski definition) is 2. The first kappa shape index (κ1) is 15.9. The van der Waals surface area contributed by atoms with Crippen LogP contribution in [0.25, 0.3) is 6.08 Å². The Balaban J connectivity index is 2.08. The number of anilines is 1. The van der Waals surface area contributed by atoms with Crippen LogP contribution >= 0.6 is 34.8 Å². The number of rotatable bonds is 4. The van der Waals surface area contributed by atoms with Crippen LogP contribution in [0, 0.1) is 0 Å². The molecule has 0 saturated heterocycles. The van der Waals surface area contributed by atoms with Gasteiger partial charge in [0.25, 0.3) is 0 Å². The predicted molar refractivity (Wildman–Crippen MR) is 93.7 cm³/mol. The summed E-state index contributed by atoms with van der Waals surface area (Å²) in [4.78, 5) is 0. The summed E-state index contributed by atoms with van der Waals surface area (Å²) in [5, 5.41) is 5.47. The smallest absolute Gasteiger partial charge is 0.0935 e. The maximum atomic E-state index is 6.06. The van der Waals surface area contributed by atoms with Gasteiger partial charge in [0, 0.05) is 5.02 Å². The molecule has 108 valence electrons. The second kappa shape index (κ2) is 7.51. The quantitative estimate of drug-likeness (QED) is 0.524. The average molecular weight is 340 g/mol. The van der Waals surface area contributed by atoms with Gasteiger partial charge in [0.1, 0.15) is 0 Å². The van der Waals surface area contributed by atoms with E-state index in [0.29, 0.717) is 20.8 Å². The number of hydrazone groups is 1. The summed E-state index contributed by atoms with van der Waals surface area (Å²) in [6, 6.07) is 13.2. The zero-order chi connectivity index (χ0) is 15.2. The topological polar surface area (TPSA) is 24.4 Å². The Hall–Kier alpha value is -1.48. The highest BCUT2D eigenvalue weighted by Gasteiger charge is 2.06. The molecule has 2 nitrogen and oxygen atoms in total. The van der Waals surface area contributed by atoms with Crippen molar-refractivity contribution in [3.63, 3.8) is 0 Å². The van der Waals surface area contributed by atoms with E-state index in [2.05, 4.69) is 10.5 Å². The van der Waals surface area contributed by atoms with Crippen molar-refractivity contribution in [1.29, 1.82) is 0 Å². The summed E-state index contributed by atoms with van der Waals surface area (Å²) in [6.07, 6.45) is 3.73. The van der Waals surface area contributed by atoms with Crippen molar-refractivity contribution in [3.05, 3.63) is 68.7 Å². The lowest BCUT2D eigenvalue weighted by molar-refractivity contribution is 1.35. The summed E-state index contributed by atoms with van der Waals surface area (Å²) < 4.78 is 0. The Morgan fingerprint density at radius 3 is 2.29 bits per heavy atom. The van der Waals surface area contributed by atoms with Crippen molar-refractivity contribution in [3.8, 4) is 0 Å². The molecule has 0 aliphatic rings. The van der Waals surface area contributed by atoms with E-state index in [0.717, 1.165) is 11.1 Å². The molecule has 2 aromatic rings. The molecule has 0 heterocycles. The molecule has 0 spiro atoms. The molecule has 0 aliphatic carbocycles. The molecular formula is C16H13Cl3N2. The lowest BCUT2D eigenvalue weighted by atomic mass is 10.1. The fraction of sp³-hybridized carbons (Fsp3) is 0.0625.